The van der Waals surface area contributed by atoms with E-state index in [-0.39, 0.29) is 16.9 Å². The Hall–Kier alpha value is -4.58. The van der Waals surface area contributed by atoms with Gasteiger partial charge >= 0.3 is 0 Å². The number of non-ortho nitro benzene ring substituents is 2. The van der Waals surface area contributed by atoms with Crippen molar-refractivity contribution >= 4 is 23.0 Å². The highest BCUT2D eigenvalue weighted by Gasteiger charge is 2.26. The van der Waals surface area contributed by atoms with Gasteiger partial charge in [0.1, 0.15) is 11.6 Å². The van der Waals surface area contributed by atoms with E-state index in [9.17, 15) is 30.3 Å². The highest BCUT2D eigenvalue weighted by atomic mass is 16.6. The molecule has 0 bridgehead atoms. The zero-order valence-electron chi connectivity index (χ0n) is 16.0. The molecule has 1 aliphatic carbocycles. The van der Waals surface area contributed by atoms with Crippen molar-refractivity contribution in [3.05, 3.63) is 101 Å². The molecule has 4 rings (SSSR count). The van der Waals surface area contributed by atoms with Crippen molar-refractivity contribution in [3.8, 4) is 17.2 Å². The van der Waals surface area contributed by atoms with Gasteiger partial charge in [-0.15, -0.1) is 0 Å². The molecule has 1 N–H and O–H groups in total. The fourth-order valence-corrected chi connectivity index (χ4v) is 3.76. The zero-order valence-corrected chi connectivity index (χ0v) is 16.0. The smallest absolute Gasteiger partial charge is 0.269 e. The maximum absolute atomic E-state index is 12.6. The molecule has 31 heavy (non-hydrogen) atoms. The molecule has 9 heteroatoms. The maximum atomic E-state index is 12.6. The van der Waals surface area contributed by atoms with E-state index >= 15 is 0 Å². The number of rotatable bonds is 4. The summed E-state index contributed by atoms with van der Waals surface area (Å²) in [5.74, 6) is 0. The second kappa shape index (κ2) is 7.68. The van der Waals surface area contributed by atoms with E-state index in [1.807, 2.05) is 12.1 Å². The number of nitro benzene ring substituents is 2. The van der Waals surface area contributed by atoms with Gasteiger partial charge in [-0.1, -0.05) is 0 Å². The average molecular weight is 414 g/mol. The Balaban J connectivity index is 1.83. The minimum Gasteiger partial charge on any atom is -0.321 e. The minimum atomic E-state index is -0.536. The molecule has 0 saturated carbocycles. The topological polar surface area (TPSA) is 143 Å². The summed E-state index contributed by atoms with van der Waals surface area (Å²) in [6.07, 6.45) is 3.03. The van der Waals surface area contributed by atoms with Crippen LogP contribution in [0, 0.1) is 31.6 Å². The molecule has 0 unspecified atom stereocenters. The Bertz CT molecular complexity index is 1350. The predicted octanol–water partition coefficient (Wildman–Crippen LogP) is 4.22. The lowest BCUT2D eigenvalue weighted by atomic mass is 9.95. The Morgan fingerprint density at radius 2 is 1.52 bits per heavy atom. The van der Waals surface area contributed by atoms with Crippen molar-refractivity contribution in [1.29, 1.82) is 5.26 Å². The van der Waals surface area contributed by atoms with E-state index in [2.05, 4.69) is 4.98 Å². The molecular formula is C22H14N4O5. The highest BCUT2D eigenvalue weighted by molar-refractivity contribution is 5.88. The quantitative estimate of drug-likeness (QED) is 0.500. The molecule has 3 aromatic rings. The van der Waals surface area contributed by atoms with Crippen LogP contribution in [-0.4, -0.2) is 14.8 Å². The summed E-state index contributed by atoms with van der Waals surface area (Å²) in [4.78, 5) is 36.2. The Morgan fingerprint density at radius 1 is 0.935 bits per heavy atom. The van der Waals surface area contributed by atoms with E-state index in [1.54, 1.807) is 12.1 Å². The van der Waals surface area contributed by atoms with Gasteiger partial charge in [0.15, 0.2) is 0 Å². The number of benzene rings is 2. The van der Waals surface area contributed by atoms with E-state index in [4.69, 9.17) is 0 Å². The van der Waals surface area contributed by atoms with Crippen LogP contribution in [0.4, 0.5) is 11.4 Å². The molecule has 2 aromatic carbocycles. The first kappa shape index (κ1) is 19.7. The second-order valence-electron chi connectivity index (χ2n) is 6.99. The first-order chi connectivity index (χ1) is 14.9. The Kier molecular flexibility index (Phi) is 4.89. The number of nitriles is 1. The lowest BCUT2D eigenvalue weighted by molar-refractivity contribution is -0.385. The molecule has 0 atom stereocenters. The number of pyridine rings is 1. The average Bonchev–Trinajstić information content (AvgIpc) is 3.15. The first-order valence-corrected chi connectivity index (χ1v) is 9.28. The van der Waals surface area contributed by atoms with Crippen LogP contribution in [0.2, 0.25) is 0 Å². The summed E-state index contributed by atoms with van der Waals surface area (Å²) in [5, 5.41) is 31.3. The number of aromatic nitrogens is 1. The summed E-state index contributed by atoms with van der Waals surface area (Å²) in [5.41, 5.74) is 3.35. The fraction of sp³-hybridized carbons (Fsp3) is 0.0909. The van der Waals surface area contributed by atoms with E-state index in [1.165, 1.54) is 36.4 Å². The van der Waals surface area contributed by atoms with Crippen LogP contribution in [0.25, 0.3) is 22.8 Å². The van der Waals surface area contributed by atoms with Gasteiger partial charge in [-0.05, 0) is 65.4 Å². The molecule has 0 spiro atoms. The van der Waals surface area contributed by atoms with Crippen LogP contribution in [0.15, 0.2) is 53.3 Å². The van der Waals surface area contributed by atoms with Gasteiger partial charge in [-0.25, -0.2) is 0 Å². The monoisotopic (exact) mass is 414 g/mol. The van der Waals surface area contributed by atoms with Gasteiger partial charge in [-0.3, -0.25) is 25.0 Å². The molecule has 0 fully saturated rings. The highest BCUT2D eigenvalue weighted by Crippen LogP contribution is 2.39. The van der Waals surface area contributed by atoms with Crippen LogP contribution < -0.4 is 5.56 Å². The van der Waals surface area contributed by atoms with E-state index in [0.29, 0.717) is 29.7 Å². The molecule has 9 nitrogen and oxygen atoms in total. The number of fused-ring (bicyclic) bond motifs is 1. The van der Waals surface area contributed by atoms with Gasteiger partial charge in [-0.2, -0.15) is 5.26 Å². The molecule has 0 radical (unpaired) electrons. The number of aromatic amines is 1. The van der Waals surface area contributed by atoms with Gasteiger partial charge in [0.05, 0.1) is 9.85 Å². The van der Waals surface area contributed by atoms with Crippen molar-refractivity contribution in [2.75, 3.05) is 0 Å². The molecule has 1 aromatic heterocycles. The zero-order chi connectivity index (χ0) is 22.1. The summed E-state index contributed by atoms with van der Waals surface area (Å²) in [6, 6.07) is 13.8. The van der Waals surface area contributed by atoms with Crippen molar-refractivity contribution < 1.29 is 9.85 Å². The summed E-state index contributed by atoms with van der Waals surface area (Å²) in [7, 11) is 0. The number of nitro groups is 2. The van der Waals surface area contributed by atoms with Crippen LogP contribution >= 0.6 is 0 Å². The number of H-pyrrole nitrogens is 1. The lowest BCUT2D eigenvalue weighted by Crippen LogP contribution is -2.15. The summed E-state index contributed by atoms with van der Waals surface area (Å²) in [6.45, 7) is 0. The Morgan fingerprint density at radius 3 is 2.06 bits per heavy atom. The third-order valence-corrected chi connectivity index (χ3v) is 5.21. The minimum absolute atomic E-state index is 0.0125. The van der Waals surface area contributed by atoms with Gasteiger partial charge in [0.2, 0.25) is 0 Å². The third kappa shape index (κ3) is 3.58. The van der Waals surface area contributed by atoms with Crippen LogP contribution in [-0.2, 0) is 6.42 Å². The summed E-state index contributed by atoms with van der Waals surface area (Å²) >= 11 is 0. The van der Waals surface area contributed by atoms with Gasteiger partial charge < -0.3 is 4.98 Å². The standard InChI is InChI=1S/C22H14N4O5/c23-12-19-20(14-3-8-17(9-4-14)26(30)31)18-10-5-15(21(18)24-22(19)27)11-13-1-6-16(7-2-13)25(28)29/h1-4,6-9,11H,5,10H2,(H,24,27)/b15-11+. The van der Waals surface area contributed by atoms with Crippen molar-refractivity contribution in [1.82, 2.24) is 4.98 Å². The number of hydrogen-bond donors (Lipinski definition) is 1. The van der Waals surface area contributed by atoms with Gasteiger partial charge in [0.25, 0.3) is 16.9 Å². The van der Waals surface area contributed by atoms with E-state index in [0.717, 1.165) is 16.7 Å². The third-order valence-electron chi connectivity index (χ3n) is 5.21. The number of nitrogens with zero attached hydrogens (tertiary/aromatic N) is 3. The number of allylic oxidation sites excluding steroid dienone is 1. The number of nitrogens with one attached hydrogen (secondary N) is 1. The predicted molar refractivity (Wildman–Crippen MR) is 113 cm³/mol. The summed E-state index contributed by atoms with van der Waals surface area (Å²) < 4.78 is 0. The van der Waals surface area contributed by atoms with Crippen LogP contribution in [0.5, 0.6) is 0 Å². The van der Waals surface area contributed by atoms with E-state index < -0.39 is 15.4 Å². The Labute approximate surface area is 175 Å². The first-order valence-electron chi connectivity index (χ1n) is 9.28. The SMILES string of the molecule is N#Cc1c(-c2ccc([N+](=O)[O-])cc2)c2c([nH]c1=O)/C(=C/c1ccc([N+](=O)[O-])cc1)CC2. The van der Waals surface area contributed by atoms with Crippen LogP contribution in [0.3, 0.4) is 0 Å². The lowest BCUT2D eigenvalue weighted by Gasteiger charge is -2.11. The van der Waals surface area contributed by atoms with Crippen molar-refractivity contribution in [2.24, 2.45) is 0 Å². The molecule has 1 aliphatic rings. The fourth-order valence-electron chi connectivity index (χ4n) is 3.76. The molecular weight excluding hydrogens is 400 g/mol. The van der Waals surface area contributed by atoms with Crippen molar-refractivity contribution in [2.45, 2.75) is 12.8 Å². The van der Waals surface area contributed by atoms with Crippen LogP contribution in [0.1, 0.15) is 28.8 Å². The molecule has 0 saturated heterocycles. The number of hydrogen-bond acceptors (Lipinski definition) is 6. The second-order valence-corrected chi connectivity index (χ2v) is 6.99. The molecule has 0 amide bonds. The largest absolute Gasteiger partial charge is 0.321 e. The molecule has 0 aliphatic heterocycles. The maximum Gasteiger partial charge on any atom is 0.269 e. The van der Waals surface area contributed by atoms with Gasteiger partial charge in [0, 0.05) is 35.5 Å². The molecule has 1 heterocycles. The normalized spacial score (nSPS) is 13.6. The van der Waals surface area contributed by atoms with Crippen molar-refractivity contribution in [3.63, 3.8) is 0 Å². The molecule has 152 valence electrons.